The molecule has 1 aliphatic carbocycles. The van der Waals surface area contributed by atoms with Crippen LogP contribution in [0.15, 0.2) is 172 Å². The molecule has 2 amide bonds. The zero-order valence-electron chi connectivity index (χ0n) is 71.2. The number of carbonyl (C=O) groups is 3. The van der Waals surface area contributed by atoms with Gasteiger partial charge in [0.1, 0.15) is 46.7 Å². The number of halogens is 2. The average molecular weight is 1800 g/mol. The number of hydrogen-bond acceptors (Lipinski definition) is 26. The lowest BCUT2D eigenvalue weighted by molar-refractivity contribution is -0.140. The Morgan fingerprint density at radius 3 is 2.04 bits per heavy atom. The minimum atomic E-state index is -3.76. The first-order chi connectivity index (χ1) is 59.8. The molecule has 2 fully saturated rings. The lowest BCUT2D eigenvalue weighted by atomic mass is 9.96. The third-order valence-corrected chi connectivity index (χ3v) is 27.5. The van der Waals surface area contributed by atoms with Crippen LogP contribution in [0.5, 0.6) is 28.7 Å². The SMILES string of the molecule is CC1CCCN(c2nc(-c3ccc(O)cc3O)cs2)C1.CCC(C)N(C(=O)CS(=O)(=O)c1nc(-c2ccccc2)cs1)C(C)CC.COC(=O)CCc1sc(NC2CCCCC2)nc1-c1ccc(OC)cc1.COc1ccc(CCCc2nc(-c3cc(C)n(-c4ncn[nH]4)c3C)cs2)cc1OC.O=C(Nc1nc(-c2ccccn2)cs1)c1cc(F)cc(F)c1. The van der Waals surface area contributed by atoms with Gasteiger partial charge in [0.05, 0.1) is 68.3 Å². The number of esters is 1. The second kappa shape index (κ2) is 45.3. The smallest absolute Gasteiger partial charge is 0.305 e. The number of methoxy groups -OCH3 is 4. The molecule has 9 heterocycles. The summed E-state index contributed by atoms with van der Waals surface area (Å²) in [5, 5.41) is 43.2. The number of phenols is 2. The van der Waals surface area contributed by atoms with Crippen molar-refractivity contribution in [2.75, 3.05) is 62.8 Å². The highest BCUT2D eigenvalue weighted by atomic mass is 32.2. The molecule has 3 atom stereocenters. The van der Waals surface area contributed by atoms with Crippen LogP contribution in [-0.2, 0) is 43.4 Å². The van der Waals surface area contributed by atoms with Gasteiger partial charge in [-0.05, 0) is 182 Å². The molecule has 13 aromatic rings. The van der Waals surface area contributed by atoms with Gasteiger partial charge in [0, 0.05) is 115 Å². The summed E-state index contributed by atoms with van der Waals surface area (Å²) >= 11 is 7.24. The minimum Gasteiger partial charge on any atom is -0.508 e. The van der Waals surface area contributed by atoms with Crippen LogP contribution in [0.3, 0.4) is 0 Å². The van der Waals surface area contributed by atoms with E-state index in [1.54, 1.807) is 101 Å². The fourth-order valence-electron chi connectivity index (χ4n) is 14.2. The van der Waals surface area contributed by atoms with Crippen molar-refractivity contribution in [3.05, 3.63) is 212 Å². The molecule has 5 N–H and O–H groups in total. The van der Waals surface area contributed by atoms with Crippen LogP contribution >= 0.6 is 56.7 Å². The van der Waals surface area contributed by atoms with Crippen LogP contribution in [0.2, 0.25) is 0 Å². The summed E-state index contributed by atoms with van der Waals surface area (Å²) < 4.78 is 74.5. The van der Waals surface area contributed by atoms with E-state index in [1.165, 1.54) is 81.3 Å². The third kappa shape index (κ3) is 25.7. The van der Waals surface area contributed by atoms with Gasteiger partial charge in [-0.2, -0.15) is 10.1 Å². The first kappa shape index (κ1) is 93.3. The predicted molar refractivity (Wildman–Crippen MR) is 490 cm³/mol. The summed E-state index contributed by atoms with van der Waals surface area (Å²) in [6, 6.07) is 38.7. The molecule has 2 aliphatic rings. The van der Waals surface area contributed by atoms with Gasteiger partial charge in [0.25, 0.3) is 5.91 Å². The number of carbonyl (C=O) groups excluding carboxylic acids is 3. The Morgan fingerprint density at radius 2 is 1.37 bits per heavy atom. The van der Waals surface area contributed by atoms with E-state index in [-0.39, 0.29) is 45.4 Å². The Balaban J connectivity index is 0.000000152. The number of H-pyrrole nitrogens is 1. The number of anilines is 3. The number of aryl methyl sites for hydroxylation is 4. The molecule has 124 heavy (non-hydrogen) atoms. The second-order valence-corrected chi connectivity index (χ2v) is 36.6. The molecule has 3 unspecified atom stereocenters. The molecule has 1 aliphatic heterocycles. The molecule has 0 radical (unpaired) electrons. The Labute approximate surface area is 742 Å². The van der Waals surface area contributed by atoms with E-state index in [0.29, 0.717) is 58.6 Å². The molecule has 1 saturated heterocycles. The average Bonchev–Trinajstić information content (AvgIpc) is 1.65. The summed E-state index contributed by atoms with van der Waals surface area (Å²) in [6.07, 6.45) is 17.5. The third-order valence-electron chi connectivity index (χ3n) is 21.0. The maximum Gasteiger partial charge on any atom is 0.305 e. The Bertz CT molecular complexity index is 5690. The number of thiazole rings is 5. The van der Waals surface area contributed by atoms with Crippen molar-refractivity contribution < 1.29 is 60.7 Å². The van der Waals surface area contributed by atoms with Gasteiger partial charge in [-0.3, -0.25) is 29.3 Å². The number of nitrogens with one attached hydrogen (secondary N) is 3. The van der Waals surface area contributed by atoms with Gasteiger partial charge in [-0.15, -0.1) is 56.7 Å². The number of ether oxygens (including phenoxy) is 4. The maximum absolute atomic E-state index is 13.1. The highest BCUT2D eigenvalue weighted by Gasteiger charge is 2.31. The fourth-order valence-corrected chi connectivity index (χ4v) is 19.9. The van der Waals surface area contributed by atoms with Crippen LogP contribution in [0.25, 0.3) is 62.4 Å². The van der Waals surface area contributed by atoms with Crippen molar-refractivity contribution in [2.45, 2.75) is 161 Å². The zero-order chi connectivity index (χ0) is 88.4. The number of phenolic OH excluding ortho intramolecular Hbond substituents is 2. The fraction of sp³-hybridized carbons (Fsp3) is 0.352. The number of benzene rings is 5. The number of hydrogen-bond donors (Lipinski definition) is 5. The number of rotatable bonds is 28. The van der Waals surface area contributed by atoms with E-state index in [0.717, 1.165) is 157 Å². The van der Waals surface area contributed by atoms with E-state index >= 15 is 0 Å². The lowest BCUT2D eigenvalue weighted by Gasteiger charge is -2.33. The Hall–Kier alpha value is -11.4. The normalized spacial score (nSPS) is 13.7. The Morgan fingerprint density at radius 1 is 0.661 bits per heavy atom. The van der Waals surface area contributed by atoms with Gasteiger partial charge in [0.15, 0.2) is 26.9 Å². The minimum absolute atomic E-state index is 0.00189. The summed E-state index contributed by atoms with van der Waals surface area (Å²) in [5.41, 5.74) is 11.7. The van der Waals surface area contributed by atoms with Crippen molar-refractivity contribution in [1.29, 1.82) is 0 Å². The monoisotopic (exact) mass is 1800 g/mol. The molecule has 0 spiro atoms. The van der Waals surface area contributed by atoms with Crippen molar-refractivity contribution >= 4 is 99.7 Å². The summed E-state index contributed by atoms with van der Waals surface area (Å²) in [5.74, 6) is 0.579. The molecule has 0 bridgehead atoms. The van der Waals surface area contributed by atoms with Gasteiger partial charge < -0.3 is 44.3 Å². The first-order valence-corrected chi connectivity index (χ1v) is 46.9. The number of sulfone groups is 1. The van der Waals surface area contributed by atoms with Gasteiger partial charge >= 0.3 is 5.97 Å². The van der Waals surface area contributed by atoms with Gasteiger partial charge in [-0.1, -0.05) is 82.5 Å². The van der Waals surface area contributed by atoms with Gasteiger partial charge in [-0.25, -0.2) is 47.2 Å². The van der Waals surface area contributed by atoms with E-state index in [2.05, 4.69) is 93.5 Å². The number of nitrogens with zero attached hydrogens (tertiary/aromatic N) is 11. The van der Waals surface area contributed by atoms with Crippen LogP contribution < -0.4 is 29.7 Å². The molecule has 15 rings (SSSR count). The Kier molecular flexibility index (Phi) is 34.1. The molecule has 5 aromatic carbocycles. The zero-order valence-corrected chi connectivity index (χ0v) is 76.1. The van der Waals surface area contributed by atoms with E-state index in [1.807, 2.05) is 106 Å². The number of amides is 2. The van der Waals surface area contributed by atoms with Crippen molar-refractivity contribution in [1.82, 2.24) is 54.6 Å². The molecule has 33 heteroatoms. The van der Waals surface area contributed by atoms with Crippen LogP contribution in [0, 0.1) is 31.4 Å². The van der Waals surface area contributed by atoms with E-state index < -0.39 is 33.1 Å². The van der Waals surface area contributed by atoms with Crippen LogP contribution in [0.4, 0.5) is 24.2 Å². The van der Waals surface area contributed by atoms with E-state index in [4.69, 9.17) is 28.9 Å². The number of piperidine rings is 1. The van der Waals surface area contributed by atoms with E-state index in [9.17, 15) is 41.8 Å². The second-order valence-electron chi connectivity index (χ2n) is 29.9. The quantitative estimate of drug-likeness (QED) is 0.0284. The van der Waals surface area contributed by atoms with Crippen LogP contribution in [-0.4, -0.2) is 156 Å². The van der Waals surface area contributed by atoms with Crippen LogP contribution in [0.1, 0.15) is 142 Å². The molecule has 1 saturated carbocycles. The summed E-state index contributed by atoms with van der Waals surface area (Å²) in [7, 11) is 2.64. The lowest BCUT2D eigenvalue weighted by Crippen LogP contribution is -2.46. The van der Waals surface area contributed by atoms with Gasteiger partial charge in [0.2, 0.25) is 26.0 Å². The topological polar surface area (TPSA) is 317 Å². The molecule has 25 nitrogen and oxygen atoms in total. The number of aromatic hydroxyl groups is 2. The molecule has 8 aromatic heterocycles. The predicted octanol–water partition coefficient (Wildman–Crippen LogP) is 20.4. The molecular formula is C91H104F2N14O11S6. The highest BCUT2D eigenvalue weighted by molar-refractivity contribution is 7.94. The summed E-state index contributed by atoms with van der Waals surface area (Å²) in [4.78, 5) is 72.7. The molecular weight excluding hydrogens is 1700 g/mol. The number of pyridine rings is 1. The highest BCUT2D eigenvalue weighted by Crippen LogP contribution is 2.39. The largest absolute Gasteiger partial charge is 0.508 e. The van der Waals surface area contributed by atoms with Crippen molar-refractivity contribution in [3.8, 4) is 91.1 Å². The number of aromatic nitrogens is 10. The first-order valence-electron chi connectivity index (χ1n) is 40.9. The van der Waals surface area contributed by atoms with Crippen molar-refractivity contribution in [2.24, 2.45) is 5.92 Å². The molecule has 654 valence electrons. The standard InChI is InChI=1S/C22H25N5O2S.C20H26N2O3S.C19H26N2O3S2.C15H9F2N3OS.C15H18N2O2S/c1-14-10-17(15(2)27(14)22-23-13-24-26-22)18-12-30-21(25-18)7-5-6-16-8-9-19(28-3)20(11-16)29-4;1-24-16-10-8-14(9-11-16)19-17(12-13-18(23)25-2)26-20(22-19)21-15-6-4-3-5-7-15;1-5-14(3)21(15(4)6-2)18(22)13-26(23,24)19-20-17(12-25-19)16-10-8-7-9-11-16;16-10-5-9(6-11(17)7-10)14(21)20-15-19-13(8-22-15)12-3-1-2-4-18-12;1-10-3-2-6-17(8-10)15-16-13(9-20-15)12-5-4-11(18)7-14(12)19/h8-13H,5-7H2,1-4H3,(H,23,24,26);8-11,15H,3-7,12-13H2,1-2H3,(H,21,22);7-12,14-15H,5-6,13H2,1-4H3;1-8H,(H,19,20,21);4-5,7,9-10,18-19H,2-3,6,8H2,1H3. The number of aromatic amines is 1. The summed E-state index contributed by atoms with van der Waals surface area (Å²) in [6.45, 7) is 16.4. The van der Waals surface area contributed by atoms with Crippen molar-refractivity contribution in [3.63, 3.8) is 0 Å². The maximum atomic E-state index is 13.1.